The predicted molar refractivity (Wildman–Crippen MR) is 45.5 cm³/mol. The van der Waals surface area contributed by atoms with E-state index < -0.39 is 19.0 Å². The average Bonchev–Trinajstić information content (AvgIpc) is 2.77. The van der Waals surface area contributed by atoms with Crippen LogP contribution < -0.4 is 5.73 Å². The molecule has 4 heteroatoms. The summed E-state index contributed by atoms with van der Waals surface area (Å²) in [7, 11) is 0. The van der Waals surface area contributed by atoms with Gasteiger partial charge in [0.2, 0.25) is 6.43 Å². The van der Waals surface area contributed by atoms with Gasteiger partial charge in [-0.2, -0.15) is 0 Å². The fourth-order valence-electron chi connectivity index (χ4n) is 1.40. The number of rotatable bonds is 6. The topological polar surface area (TPSA) is 26.0 Å². The molecule has 0 radical (unpaired) electrons. The second-order valence-electron chi connectivity index (χ2n) is 4.00. The molecule has 1 atom stereocenters. The van der Waals surface area contributed by atoms with Crippen molar-refractivity contribution in [1.82, 2.24) is 0 Å². The molecule has 1 fully saturated rings. The Morgan fingerprint density at radius 1 is 1.31 bits per heavy atom. The Labute approximate surface area is 76.5 Å². The van der Waals surface area contributed by atoms with E-state index in [1.54, 1.807) is 0 Å². The van der Waals surface area contributed by atoms with E-state index in [2.05, 4.69) is 0 Å². The Balaban J connectivity index is 2.09. The average molecular weight is 195 g/mol. The van der Waals surface area contributed by atoms with Crippen LogP contribution >= 0.6 is 0 Å². The minimum Gasteiger partial charge on any atom is -0.325 e. The van der Waals surface area contributed by atoms with Crippen LogP contribution in [0.5, 0.6) is 0 Å². The van der Waals surface area contributed by atoms with Crippen molar-refractivity contribution in [2.24, 2.45) is 11.7 Å². The molecule has 0 heterocycles. The molecule has 1 nitrogen and oxygen atoms in total. The van der Waals surface area contributed by atoms with Gasteiger partial charge in [-0.15, -0.1) is 0 Å². The lowest BCUT2D eigenvalue weighted by atomic mass is 10.0. The molecule has 0 aliphatic heterocycles. The zero-order valence-corrected chi connectivity index (χ0v) is 7.61. The maximum absolute atomic E-state index is 12.1. The monoisotopic (exact) mass is 195 g/mol. The van der Waals surface area contributed by atoms with Gasteiger partial charge in [-0.05, 0) is 25.7 Å². The van der Waals surface area contributed by atoms with E-state index in [1.165, 1.54) is 0 Å². The normalized spacial score (nSPS) is 21.9. The Kier molecular flexibility index (Phi) is 3.59. The molecule has 1 unspecified atom stereocenters. The third kappa shape index (κ3) is 3.55. The third-order valence-corrected chi connectivity index (χ3v) is 2.70. The first kappa shape index (κ1) is 10.8. The van der Waals surface area contributed by atoms with E-state index in [9.17, 15) is 13.2 Å². The van der Waals surface area contributed by atoms with Gasteiger partial charge in [0.15, 0.2) is 0 Å². The largest absolute Gasteiger partial charge is 0.325 e. The van der Waals surface area contributed by atoms with Gasteiger partial charge < -0.3 is 5.73 Å². The Bertz CT molecular complexity index is 157. The molecule has 0 saturated heterocycles. The summed E-state index contributed by atoms with van der Waals surface area (Å²) in [4.78, 5) is 0. The molecule has 0 amide bonds. The first-order valence-corrected chi connectivity index (χ1v) is 4.70. The molecule has 13 heavy (non-hydrogen) atoms. The molecule has 1 aliphatic carbocycles. The maximum Gasteiger partial charge on any atom is 0.243 e. The van der Waals surface area contributed by atoms with Crippen LogP contribution in [0.1, 0.15) is 32.1 Å². The number of hydrogen-bond donors (Lipinski definition) is 1. The first-order valence-electron chi connectivity index (χ1n) is 4.70. The number of halogens is 3. The standard InChI is InChI=1S/C9H16F3N/c10-6-7(8(11)12)2-1-3-9(13)4-5-9/h7-8H,1-6,13H2. The van der Waals surface area contributed by atoms with Gasteiger partial charge in [-0.25, -0.2) is 8.78 Å². The van der Waals surface area contributed by atoms with Gasteiger partial charge in [0, 0.05) is 11.5 Å². The van der Waals surface area contributed by atoms with E-state index in [4.69, 9.17) is 5.73 Å². The summed E-state index contributed by atoms with van der Waals surface area (Å²) in [6.45, 7) is -0.921. The van der Waals surface area contributed by atoms with E-state index in [1.807, 2.05) is 0 Å². The lowest BCUT2D eigenvalue weighted by Gasteiger charge is -2.13. The van der Waals surface area contributed by atoms with Crippen molar-refractivity contribution in [3.05, 3.63) is 0 Å². The van der Waals surface area contributed by atoms with Crippen LogP contribution in [-0.2, 0) is 0 Å². The van der Waals surface area contributed by atoms with Crippen molar-refractivity contribution in [3.63, 3.8) is 0 Å². The minimum absolute atomic E-state index is 0.0943. The van der Waals surface area contributed by atoms with E-state index in [-0.39, 0.29) is 12.0 Å². The van der Waals surface area contributed by atoms with Crippen molar-refractivity contribution < 1.29 is 13.2 Å². The molecule has 0 aromatic carbocycles. The van der Waals surface area contributed by atoms with Gasteiger partial charge in [-0.1, -0.05) is 6.42 Å². The lowest BCUT2D eigenvalue weighted by Crippen LogP contribution is -2.22. The van der Waals surface area contributed by atoms with Gasteiger partial charge in [-0.3, -0.25) is 4.39 Å². The summed E-state index contributed by atoms with van der Waals surface area (Å²) in [5.74, 6) is -1.08. The zero-order valence-electron chi connectivity index (χ0n) is 7.61. The smallest absolute Gasteiger partial charge is 0.243 e. The van der Waals surface area contributed by atoms with Gasteiger partial charge in [0.05, 0.1) is 6.67 Å². The molecule has 1 saturated carbocycles. The first-order chi connectivity index (χ1) is 6.07. The molecular formula is C9H16F3N. The maximum atomic E-state index is 12.1. The van der Waals surface area contributed by atoms with E-state index in [0.717, 1.165) is 19.3 Å². The van der Waals surface area contributed by atoms with Gasteiger partial charge in [0.25, 0.3) is 0 Å². The van der Waals surface area contributed by atoms with Crippen LogP contribution in [0.3, 0.4) is 0 Å². The number of hydrogen-bond acceptors (Lipinski definition) is 1. The van der Waals surface area contributed by atoms with Crippen molar-refractivity contribution in [3.8, 4) is 0 Å². The highest BCUT2D eigenvalue weighted by atomic mass is 19.3. The summed E-state index contributed by atoms with van der Waals surface area (Å²) in [5.41, 5.74) is 5.67. The zero-order chi connectivity index (χ0) is 9.90. The summed E-state index contributed by atoms with van der Waals surface area (Å²) in [5, 5.41) is 0. The molecule has 0 aromatic heterocycles. The molecule has 1 rings (SSSR count). The Morgan fingerprint density at radius 3 is 2.31 bits per heavy atom. The summed E-state index contributed by atoms with van der Waals surface area (Å²) >= 11 is 0. The SMILES string of the molecule is NC1(CCCC(CF)C(F)F)CC1. The van der Waals surface area contributed by atoms with Crippen LogP contribution in [-0.4, -0.2) is 18.6 Å². The van der Waals surface area contributed by atoms with Crippen LogP contribution in [0.15, 0.2) is 0 Å². The number of alkyl halides is 3. The Hall–Kier alpha value is -0.250. The molecule has 1 aliphatic rings. The van der Waals surface area contributed by atoms with Gasteiger partial charge >= 0.3 is 0 Å². The second kappa shape index (κ2) is 4.31. The molecular weight excluding hydrogens is 179 g/mol. The molecule has 0 spiro atoms. The second-order valence-corrected chi connectivity index (χ2v) is 4.00. The van der Waals surface area contributed by atoms with Crippen LogP contribution in [0.2, 0.25) is 0 Å². The highest BCUT2D eigenvalue weighted by Crippen LogP contribution is 2.37. The van der Waals surface area contributed by atoms with Crippen molar-refractivity contribution in [2.75, 3.05) is 6.67 Å². The predicted octanol–water partition coefficient (Wildman–Crippen LogP) is 2.50. The molecule has 0 aromatic rings. The van der Waals surface area contributed by atoms with Crippen molar-refractivity contribution in [2.45, 2.75) is 44.1 Å². The summed E-state index contributed by atoms with van der Waals surface area (Å²) in [6, 6.07) is 0. The molecule has 2 N–H and O–H groups in total. The van der Waals surface area contributed by atoms with Crippen molar-refractivity contribution in [1.29, 1.82) is 0 Å². The Morgan fingerprint density at radius 2 is 1.92 bits per heavy atom. The van der Waals surface area contributed by atoms with Crippen LogP contribution in [0, 0.1) is 5.92 Å². The highest BCUT2D eigenvalue weighted by Gasteiger charge is 2.37. The van der Waals surface area contributed by atoms with Gasteiger partial charge in [0.1, 0.15) is 0 Å². The summed E-state index contributed by atoms with van der Waals surface area (Å²) in [6.07, 6.45) is 1.08. The highest BCUT2D eigenvalue weighted by molar-refractivity contribution is 4.98. The summed E-state index contributed by atoms with van der Waals surface area (Å²) < 4.78 is 36.2. The fraction of sp³-hybridized carbons (Fsp3) is 1.00. The van der Waals surface area contributed by atoms with Crippen LogP contribution in [0.4, 0.5) is 13.2 Å². The van der Waals surface area contributed by atoms with E-state index in [0.29, 0.717) is 6.42 Å². The van der Waals surface area contributed by atoms with E-state index >= 15 is 0 Å². The fourth-order valence-corrected chi connectivity index (χ4v) is 1.40. The molecule has 78 valence electrons. The van der Waals surface area contributed by atoms with Crippen molar-refractivity contribution >= 4 is 0 Å². The quantitative estimate of drug-likeness (QED) is 0.692. The molecule has 0 bridgehead atoms. The lowest BCUT2D eigenvalue weighted by molar-refractivity contribution is 0.0560. The third-order valence-electron chi connectivity index (χ3n) is 2.70. The minimum atomic E-state index is -2.53. The van der Waals surface area contributed by atoms with Crippen LogP contribution in [0.25, 0.3) is 0 Å². The number of nitrogens with two attached hydrogens (primary N) is 1.